The lowest BCUT2D eigenvalue weighted by atomic mass is 10.1. The Balaban J connectivity index is 0.000000150. The minimum atomic E-state index is 0. The van der Waals surface area contributed by atoms with Crippen LogP contribution in [0.3, 0.4) is 0 Å². The molecule has 0 heterocycles. The Labute approximate surface area is 169 Å². The van der Waals surface area contributed by atoms with Crippen LogP contribution in [0.4, 0.5) is 0 Å². The van der Waals surface area contributed by atoms with Gasteiger partial charge in [0.15, 0.2) is 0 Å². The standard InChI is InChI=1S/2C13H10.2CH4/c2*1-3-7-12-10(5-1)9-11-6-2-4-8-13(11)12;;/h2*1-8H,9H2;2*1H4. The van der Waals surface area contributed by atoms with Crippen molar-refractivity contribution in [3.8, 4) is 22.3 Å². The van der Waals surface area contributed by atoms with Crippen molar-refractivity contribution in [2.45, 2.75) is 27.7 Å². The van der Waals surface area contributed by atoms with Gasteiger partial charge in [0, 0.05) is 0 Å². The summed E-state index contributed by atoms with van der Waals surface area (Å²) in [6, 6.07) is 34.6. The molecule has 4 aromatic rings. The third-order valence-corrected chi connectivity index (χ3v) is 5.41. The molecule has 0 heteroatoms. The van der Waals surface area contributed by atoms with Crippen molar-refractivity contribution in [1.82, 2.24) is 0 Å². The molecule has 0 fully saturated rings. The van der Waals surface area contributed by atoms with Crippen LogP contribution < -0.4 is 0 Å². The topological polar surface area (TPSA) is 0 Å². The van der Waals surface area contributed by atoms with E-state index < -0.39 is 0 Å². The van der Waals surface area contributed by atoms with E-state index in [2.05, 4.69) is 97.1 Å². The Hall–Kier alpha value is -3.12. The monoisotopic (exact) mass is 364 g/mol. The Morgan fingerprint density at radius 3 is 0.786 bits per heavy atom. The fourth-order valence-corrected chi connectivity index (χ4v) is 4.16. The molecule has 0 nitrogen and oxygen atoms in total. The molecular weight excluding hydrogens is 336 g/mol. The van der Waals surface area contributed by atoms with E-state index >= 15 is 0 Å². The number of hydrogen-bond acceptors (Lipinski definition) is 0. The van der Waals surface area contributed by atoms with Gasteiger partial charge in [0.2, 0.25) is 0 Å². The first-order chi connectivity index (χ1) is 12.9. The molecule has 0 spiro atoms. The molecule has 28 heavy (non-hydrogen) atoms. The summed E-state index contributed by atoms with van der Waals surface area (Å²) in [6.07, 6.45) is 2.21. The Morgan fingerprint density at radius 1 is 0.321 bits per heavy atom. The quantitative estimate of drug-likeness (QED) is 0.258. The zero-order chi connectivity index (χ0) is 17.3. The third kappa shape index (κ3) is 3.39. The average Bonchev–Trinajstić information content (AvgIpc) is 3.27. The highest BCUT2D eigenvalue weighted by molar-refractivity contribution is 5.77. The zero-order valence-electron chi connectivity index (χ0n) is 14.7. The maximum absolute atomic E-state index is 2.22. The molecule has 0 N–H and O–H groups in total. The van der Waals surface area contributed by atoms with Gasteiger partial charge in [-0.2, -0.15) is 0 Å². The molecule has 0 atom stereocenters. The molecule has 0 saturated carbocycles. The van der Waals surface area contributed by atoms with Crippen LogP contribution in [0.25, 0.3) is 22.3 Å². The first kappa shape index (κ1) is 19.6. The van der Waals surface area contributed by atoms with Crippen molar-refractivity contribution in [3.05, 3.63) is 119 Å². The van der Waals surface area contributed by atoms with Crippen LogP contribution in [0.2, 0.25) is 0 Å². The number of benzene rings is 4. The van der Waals surface area contributed by atoms with Crippen LogP contribution in [-0.2, 0) is 12.8 Å². The van der Waals surface area contributed by atoms with Crippen LogP contribution in [-0.4, -0.2) is 0 Å². The fourth-order valence-electron chi connectivity index (χ4n) is 4.16. The van der Waals surface area contributed by atoms with Crippen molar-refractivity contribution in [3.63, 3.8) is 0 Å². The van der Waals surface area contributed by atoms with Crippen LogP contribution in [0, 0.1) is 0 Å². The molecule has 2 aliphatic carbocycles. The number of rotatable bonds is 0. The summed E-state index contributed by atoms with van der Waals surface area (Å²) in [5, 5.41) is 0. The molecule has 0 bridgehead atoms. The Bertz CT molecular complexity index is 912. The number of hydrogen-bond donors (Lipinski definition) is 0. The molecule has 6 rings (SSSR count). The second-order valence-electron chi connectivity index (χ2n) is 6.98. The van der Waals surface area contributed by atoms with Crippen molar-refractivity contribution in [1.29, 1.82) is 0 Å². The summed E-state index contributed by atoms with van der Waals surface area (Å²) >= 11 is 0. The molecule has 0 aromatic heterocycles. The van der Waals surface area contributed by atoms with Crippen LogP contribution >= 0.6 is 0 Å². The van der Waals surface area contributed by atoms with Gasteiger partial charge in [-0.25, -0.2) is 0 Å². The molecule has 0 unspecified atom stereocenters. The first-order valence-corrected chi connectivity index (χ1v) is 9.22. The molecular formula is C28H28. The minimum absolute atomic E-state index is 0. The second-order valence-corrected chi connectivity index (χ2v) is 6.98. The van der Waals surface area contributed by atoms with Gasteiger partial charge >= 0.3 is 0 Å². The molecule has 4 aromatic carbocycles. The molecule has 0 aliphatic heterocycles. The van der Waals surface area contributed by atoms with Crippen LogP contribution in [0.1, 0.15) is 37.1 Å². The summed E-state index contributed by atoms with van der Waals surface area (Å²) < 4.78 is 0. The predicted octanol–water partition coefficient (Wildman–Crippen LogP) is 7.79. The lowest BCUT2D eigenvalue weighted by Crippen LogP contribution is -1.77. The first-order valence-electron chi connectivity index (χ1n) is 9.22. The summed E-state index contributed by atoms with van der Waals surface area (Å²) in [7, 11) is 0. The largest absolute Gasteiger partial charge is 0.0776 e. The summed E-state index contributed by atoms with van der Waals surface area (Å²) in [5.41, 5.74) is 11.5. The molecule has 2 aliphatic rings. The van der Waals surface area contributed by atoms with Gasteiger partial charge in [0.05, 0.1) is 0 Å². The van der Waals surface area contributed by atoms with Gasteiger partial charge in [-0.05, 0) is 57.3 Å². The predicted molar refractivity (Wildman–Crippen MR) is 123 cm³/mol. The normalized spacial score (nSPS) is 11.4. The van der Waals surface area contributed by atoms with Crippen molar-refractivity contribution in [2.75, 3.05) is 0 Å². The maximum atomic E-state index is 2.22. The smallest absolute Gasteiger partial charge is 0.00135 e. The van der Waals surface area contributed by atoms with Gasteiger partial charge in [0.1, 0.15) is 0 Å². The van der Waals surface area contributed by atoms with E-state index in [9.17, 15) is 0 Å². The van der Waals surface area contributed by atoms with Crippen molar-refractivity contribution in [2.24, 2.45) is 0 Å². The molecule has 0 amide bonds. The van der Waals surface area contributed by atoms with Gasteiger partial charge in [0.25, 0.3) is 0 Å². The highest BCUT2D eigenvalue weighted by Crippen LogP contribution is 2.36. The second kappa shape index (κ2) is 8.27. The number of fused-ring (bicyclic) bond motifs is 6. The fraction of sp³-hybridized carbons (Fsp3) is 0.143. The summed E-state index contributed by atoms with van der Waals surface area (Å²) in [5.74, 6) is 0. The Morgan fingerprint density at radius 2 is 0.536 bits per heavy atom. The van der Waals surface area contributed by atoms with Gasteiger partial charge in [-0.3, -0.25) is 0 Å². The SMILES string of the molecule is C.C.c1ccc2c(c1)Cc1ccccc1-2.c1ccc2c(c1)Cc1ccccc1-2. The van der Waals surface area contributed by atoms with E-state index in [1.807, 2.05) is 0 Å². The highest BCUT2D eigenvalue weighted by Gasteiger charge is 2.16. The molecule has 0 saturated heterocycles. The van der Waals surface area contributed by atoms with Crippen molar-refractivity contribution < 1.29 is 0 Å². The van der Waals surface area contributed by atoms with E-state index in [4.69, 9.17) is 0 Å². The van der Waals surface area contributed by atoms with E-state index in [0.717, 1.165) is 12.8 Å². The van der Waals surface area contributed by atoms with E-state index in [0.29, 0.717) is 0 Å². The third-order valence-electron chi connectivity index (χ3n) is 5.41. The average molecular weight is 365 g/mol. The Kier molecular flexibility index (Phi) is 5.80. The van der Waals surface area contributed by atoms with Crippen LogP contribution in [0.5, 0.6) is 0 Å². The lowest BCUT2D eigenvalue weighted by molar-refractivity contribution is 1.26. The maximum Gasteiger partial charge on any atom is -0.00135 e. The zero-order valence-corrected chi connectivity index (χ0v) is 14.7. The van der Waals surface area contributed by atoms with E-state index in [-0.39, 0.29) is 14.9 Å². The minimum Gasteiger partial charge on any atom is -0.0776 e. The highest BCUT2D eigenvalue weighted by atomic mass is 14.2. The van der Waals surface area contributed by atoms with Gasteiger partial charge < -0.3 is 0 Å². The molecule has 0 radical (unpaired) electrons. The van der Waals surface area contributed by atoms with E-state index in [1.165, 1.54) is 44.5 Å². The van der Waals surface area contributed by atoms with Gasteiger partial charge in [-0.15, -0.1) is 0 Å². The van der Waals surface area contributed by atoms with Crippen molar-refractivity contribution >= 4 is 0 Å². The van der Waals surface area contributed by atoms with E-state index in [1.54, 1.807) is 0 Å². The van der Waals surface area contributed by atoms with Crippen LogP contribution in [0.15, 0.2) is 97.1 Å². The summed E-state index contributed by atoms with van der Waals surface area (Å²) in [6.45, 7) is 0. The summed E-state index contributed by atoms with van der Waals surface area (Å²) in [4.78, 5) is 0. The lowest BCUT2D eigenvalue weighted by Gasteiger charge is -1.98. The van der Waals surface area contributed by atoms with Gasteiger partial charge in [-0.1, -0.05) is 112 Å². The molecule has 140 valence electrons.